The zero-order valence-corrected chi connectivity index (χ0v) is 12.7. The van der Waals surface area contributed by atoms with Gasteiger partial charge in [0.15, 0.2) is 5.82 Å². The summed E-state index contributed by atoms with van der Waals surface area (Å²) < 4.78 is 33.0. The van der Waals surface area contributed by atoms with Crippen molar-refractivity contribution in [2.75, 3.05) is 13.1 Å². The average Bonchev–Trinajstić information content (AvgIpc) is 2.62. The molecule has 3 rings (SSSR count). The standard InChI is InChI=1S/C17H14F2N4O/c18-14-7-11(8-20)1-2-13(14)10-24-17-15(19)9-22-16(23-17)12-3-5-21-6-4-12/h1-3,7,9,21H,4-6,10H2. The molecule has 1 aromatic heterocycles. The molecule has 2 heterocycles. The molecule has 1 N–H and O–H groups in total. The van der Waals surface area contributed by atoms with E-state index in [1.54, 1.807) is 0 Å². The third-order valence-electron chi connectivity index (χ3n) is 3.61. The Balaban J connectivity index is 1.77. The van der Waals surface area contributed by atoms with Crippen LogP contribution in [0.3, 0.4) is 0 Å². The Morgan fingerprint density at radius 2 is 2.17 bits per heavy atom. The average molecular weight is 328 g/mol. The molecule has 0 radical (unpaired) electrons. The highest BCUT2D eigenvalue weighted by atomic mass is 19.1. The fourth-order valence-electron chi connectivity index (χ4n) is 2.31. The highest BCUT2D eigenvalue weighted by molar-refractivity contribution is 5.61. The van der Waals surface area contributed by atoms with Crippen LogP contribution in [0.15, 0.2) is 30.5 Å². The van der Waals surface area contributed by atoms with Gasteiger partial charge in [0.05, 0.1) is 17.8 Å². The zero-order chi connectivity index (χ0) is 16.9. The second kappa shape index (κ2) is 7.15. The Kier molecular flexibility index (Phi) is 4.77. The summed E-state index contributed by atoms with van der Waals surface area (Å²) in [5, 5.41) is 11.9. The minimum Gasteiger partial charge on any atom is -0.471 e. The van der Waals surface area contributed by atoms with Gasteiger partial charge < -0.3 is 10.1 Å². The molecule has 0 bridgehead atoms. The van der Waals surface area contributed by atoms with Crippen LogP contribution in [0.2, 0.25) is 0 Å². The lowest BCUT2D eigenvalue weighted by Crippen LogP contribution is -2.20. The van der Waals surface area contributed by atoms with Crippen molar-refractivity contribution in [2.24, 2.45) is 0 Å². The van der Waals surface area contributed by atoms with E-state index < -0.39 is 11.6 Å². The lowest BCUT2D eigenvalue weighted by atomic mass is 10.1. The molecule has 1 aromatic carbocycles. The molecule has 5 nitrogen and oxygen atoms in total. The summed E-state index contributed by atoms with van der Waals surface area (Å²) in [4.78, 5) is 8.08. The monoisotopic (exact) mass is 328 g/mol. The second-order valence-electron chi connectivity index (χ2n) is 5.24. The van der Waals surface area contributed by atoms with E-state index in [9.17, 15) is 8.78 Å². The molecule has 2 aromatic rings. The van der Waals surface area contributed by atoms with Crippen LogP contribution in [0.1, 0.15) is 23.4 Å². The molecular weight excluding hydrogens is 314 g/mol. The fraction of sp³-hybridized carbons (Fsp3) is 0.235. The van der Waals surface area contributed by atoms with Crippen molar-refractivity contribution >= 4 is 5.57 Å². The molecule has 0 amide bonds. The van der Waals surface area contributed by atoms with Gasteiger partial charge in [0.25, 0.3) is 5.88 Å². The molecular formula is C17H14F2N4O. The quantitative estimate of drug-likeness (QED) is 0.934. The van der Waals surface area contributed by atoms with Crippen molar-refractivity contribution in [3.05, 3.63) is 59.1 Å². The van der Waals surface area contributed by atoms with E-state index in [2.05, 4.69) is 15.3 Å². The third kappa shape index (κ3) is 3.55. The van der Waals surface area contributed by atoms with Gasteiger partial charge in [-0.05, 0) is 30.7 Å². The molecule has 7 heteroatoms. The molecule has 0 unspecified atom stereocenters. The van der Waals surface area contributed by atoms with Gasteiger partial charge in [-0.1, -0.05) is 12.1 Å². The van der Waals surface area contributed by atoms with E-state index in [0.29, 0.717) is 12.4 Å². The van der Waals surface area contributed by atoms with E-state index in [4.69, 9.17) is 10.00 Å². The maximum Gasteiger partial charge on any atom is 0.254 e. The van der Waals surface area contributed by atoms with Crippen molar-refractivity contribution in [2.45, 2.75) is 13.0 Å². The first-order chi connectivity index (χ1) is 11.7. The van der Waals surface area contributed by atoms with Gasteiger partial charge in [0, 0.05) is 12.1 Å². The SMILES string of the molecule is N#Cc1ccc(COc2nc(C3=CCNCC3)ncc2F)c(F)c1. The number of ether oxygens (including phenoxy) is 1. The van der Waals surface area contributed by atoms with Gasteiger partial charge in [0.2, 0.25) is 5.82 Å². The maximum absolute atomic E-state index is 13.8. The maximum atomic E-state index is 13.8. The summed E-state index contributed by atoms with van der Waals surface area (Å²) in [7, 11) is 0. The molecule has 24 heavy (non-hydrogen) atoms. The van der Waals surface area contributed by atoms with Gasteiger partial charge in [0.1, 0.15) is 12.4 Å². The first-order valence-electron chi connectivity index (χ1n) is 7.41. The van der Waals surface area contributed by atoms with Crippen LogP contribution >= 0.6 is 0 Å². The molecule has 122 valence electrons. The number of hydrogen-bond donors (Lipinski definition) is 1. The fourth-order valence-corrected chi connectivity index (χ4v) is 2.31. The predicted octanol–water partition coefficient (Wildman–Crippen LogP) is 2.58. The summed E-state index contributed by atoms with van der Waals surface area (Å²) in [6, 6.07) is 5.87. The number of halogens is 2. The van der Waals surface area contributed by atoms with Gasteiger partial charge in [-0.15, -0.1) is 0 Å². The topological polar surface area (TPSA) is 70.8 Å². The smallest absolute Gasteiger partial charge is 0.254 e. The van der Waals surface area contributed by atoms with Gasteiger partial charge >= 0.3 is 0 Å². The Hall–Kier alpha value is -2.85. The van der Waals surface area contributed by atoms with E-state index in [-0.39, 0.29) is 23.6 Å². The number of hydrogen-bond acceptors (Lipinski definition) is 5. The number of nitrogens with one attached hydrogen (secondary N) is 1. The Morgan fingerprint density at radius 1 is 1.29 bits per heavy atom. The number of rotatable bonds is 4. The lowest BCUT2D eigenvalue weighted by Gasteiger charge is -2.14. The normalized spacial score (nSPS) is 14.0. The first-order valence-corrected chi connectivity index (χ1v) is 7.41. The molecule has 0 saturated heterocycles. The molecule has 0 fully saturated rings. The molecule has 1 aliphatic rings. The van der Waals surface area contributed by atoms with E-state index in [0.717, 1.165) is 30.8 Å². The number of benzene rings is 1. The van der Waals surface area contributed by atoms with Crippen LogP contribution in [0, 0.1) is 23.0 Å². The van der Waals surface area contributed by atoms with Crippen LogP contribution in [0.4, 0.5) is 8.78 Å². The van der Waals surface area contributed by atoms with Crippen molar-refractivity contribution in [3.63, 3.8) is 0 Å². The molecule has 0 saturated carbocycles. The number of nitriles is 1. The molecule has 0 spiro atoms. The summed E-state index contributed by atoms with van der Waals surface area (Å²) >= 11 is 0. The third-order valence-corrected chi connectivity index (χ3v) is 3.61. The first kappa shape index (κ1) is 16.0. The highest BCUT2D eigenvalue weighted by Crippen LogP contribution is 2.21. The van der Waals surface area contributed by atoms with Crippen molar-refractivity contribution < 1.29 is 13.5 Å². The minimum atomic E-state index is -0.706. The van der Waals surface area contributed by atoms with Gasteiger partial charge in [-0.3, -0.25) is 0 Å². The van der Waals surface area contributed by atoms with Crippen molar-refractivity contribution in [1.29, 1.82) is 5.26 Å². The van der Waals surface area contributed by atoms with Gasteiger partial charge in [-0.25, -0.2) is 9.37 Å². The number of nitrogens with zero attached hydrogens (tertiary/aromatic N) is 3. The largest absolute Gasteiger partial charge is 0.471 e. The van der Waals surface area contributed by atoms with E-state index in [1.807, 2.05) is 12.1 Å². The summed E-state index contributed by atoms with van der Waals surface area (Å²) in [5.74, 6) is -1.09. The van der Waals surface area contributed by atoms with Crippen LogP contribution in [0.25, 0.3) is 5.57 Å². The van der Waals surface area contributed by atoms with Crippen LogP contribution in [-0.4, -0.2) is 23.1 Å². The van der Waals surface area contributed by atoms with Crippen molar-refractivity contribution in [3.8, 4) is 11.9 Å². The minimum absolute atomic E-state index is 0.189. The number of aromatic nitrogens is 2. The molecule has 0 atom stereocenters. The zero-order valence-electron chi connectivity index (χ0n) is 12.7. The lowest BCUT2D eigenvalue weighted by molar-refractivity contribution is 0.270. The summed E-state index contributed by atoms with van der Waals surface area (Å²) in [6.07, 6.45) is 3.74. The Labute approximate surface area is 137 Å². The summed E-state index contributed by atoms with van der Waals surface area (Å²) in [5.41, 5.74) is 1.35. The van der Waals surface area contributed by atoms with E-state index >= 15 is 0 Å². The Bertz CT molecular complexity index is 830. The van der Waals surface area contributed by atoms with Gasteiger partial charge in [-0.2, -0.15) is 14.6 Å². The van der Waals surface area contributed by atoms with E-state index in [1.165, 1.54) is 12.1 Å². The van der Waals surface area contributed by atoms with Crippen LogP contribution in [0.5, 0.6) is 5.88 Å². The Morgan fingerprint density at radius 3 is 2.88 bits per heavy atom. The molecule has 1 aliphatic heterocycles. The highest BCUT2D eigenvalue weighted by Gasteiger charge is 2.14. The van der Waals surface area contributed by atoms with Crippen LogP contribution < -0.4 is 10.1 Å². The molecule has 0 aliphatic carbocycles. The summed E-state index contributed by atoms with van der Waals surface area (Å²) in [6.45, 7) is 1.33. The predicted molar refractivity (Wildman–Crippen MR) is 82.9 cm³/mol. The second-order valence-corrected chi connectivity index (χ2v) is 5.24. The van der Waals surface area contributed by atoms with Crippen molar-refractivity contribution in [1.82, 2.24) is 15.3 Å². The van der Waals surface area contributed by atoms with Crippen LogP contribution in [-0.2, 0) is 6.61 Å².